The molecule has 0 unspecified atom stereocenters. The Bertz CT molecular complexity index is 640. The zero-order valence-electron chi connectivity index (χ0n) is 14.3. The number of aromatic nitrogens is 1. The predicted octanol–water partition coefficient (Wildman–Crippen LogP) is 3.36. The van der Waals surface area contributed by atoms with Crippen molar-refractivity contribution in [2.45, 2.75) is 67.9 Å². The van der Waals surface area contributed by atoms with E-state index in [1.165, 1.54) is 32.1 Å². The van der Waals surface area contributed by atoms with Crippen molar-refractivity contribution in [3.63, 3.8) is 0 Å². The SMILES string of the molecule is Cc1cc(CC(=O)N2CCC3(CC2)N=CC2(CCCCC2)S3)on1. The van der Waals surface area contributed by atoms with Crippen molar-refractivity contribution in [3.8, 4) is 0 Å². The van der Waals surface area contributed by atoms with Gasteiger partial charge in [-0.15, -0.1) is 11.8 Å². The second-order valence-electron chi connectivity index (χ2n) is 7.42. The monoisotopic (exact) mass is 347 g/mol. The fourth-order valence-electron chi connectivity index (χ4n) is 4.14. The molecule has 2 spiro atoms. The number of thioether (sulfide) groups is 1. The summed E-state index contributed by atoms with van der Waals surface area (Å²) in [5.41, 5.74) is 0.824. The van der Waals surface area contributed by atoms with E-state index in [0.29, 0.717) is 16.9 Å². The summed E-state index contributed by atoms with van der Waals surface area (Å²) >= 11 is 2.09. The molecule has 4 rings (SSSR count). The zero-order valence-corrected chi connectivity index (χ0v) is 15.1. The molecule has 0 atom stereocenters. The van der Waals surface area contributed by atoms with Crippen molar-refractivity contribution >= 4 is 23.9 Å². The van der Waals surface area contributed by atoms with Gasteiger partial charge < -0.3 is 9.42 Å². The number of amides is 1. The largest absolute Gasteiger partial charge is 0.361 e. The number of carbonyl (C=O) groups excluding carboxylic acids is 1. The van der Waals surface area contributed by atoms with Crippen LogP contribution in [0.1, 0.15) is 56.4 Å². The lowest BCUT2D eigenvalue weighted by atomic mass is 9.89. The van der Waals surface area contributed by atoms with Gasteiger partial charge in [-0.3, -0.25) is 9.79 Å². The first-order valence-electron chi connectivity index (χ1n) is 9.05. The lowest BCUT2D eigenvalue weighted by Gasteiger charge is -2.40. The van der Waals surface area contributed by atoms with Crippen LogP contribution in [-0.4, -0.2) is 44.9 Å². The van der Waals surface area contributed by atoms with E-state index in [2.05, 4.69) is 23.1 Å². The van der Waals surface area contributed by atoms with Crippen molar-refractivity contribution in [1.82, 2.24) is 10.1 Å². The van der Waals surface area contributed by atoms with Gasteiger partial charge in [-0.05, 0) is 32.6 Å². The van der Waals surface area contributed by atoms with Crippen LogP contribution >= 0.6 is 11.8 Å². The first-order chi connectivity index (χ1) is 11.6. The second-order valence-corrected chi connectivity index (χ2v) is 9.20. The number of aliphatic imine (C=N–C) groups is 1. The lowest BCUT2D eigenvalue weighted by molar-refractivity contribution is -0.131. The number of piperidine rings is 1. The second kappa shape index (κ2) is 6.21. The maximum absolute atomic E-state index is 12.5. The fourth-order valence-corrected chi connectivity index (χ4v) is 5.99. The molecule has 24 heavy (non-hydrogen) atoms. The Hall–Kier alpha value is -1.30. The van der Waals surface area contributed by atoms with Crippen LogP contribution in [-0.2, 0) is 11.2 Å². The molecule has 1 aromatic rings. The van der Waals surface area contributed by atoms with Crippen LogP contribution in [0.25, 0.3) is 0 Å². The summed E-state index contributed by atoms with van der Waals surface area (Å²) in [4.78, 5) is 19.4. The molecule has 2 aliphatic heterocycles. The number of aryl methyl sites for hydroxylation is 1. The molecular formula is C18H25N3O2S. The molecule has 0 radical (unpaired) electrons. The van der Waals surface area contributed by atoms with Crippen molar-refractivity contribution in [2.75, 3.05) is 13.1 Å². The molecule has 1 aliphatic carbocycles. The number of carbonyl (C=O) groups is 1. The molecule has 6 heteroatoms. The highest BCUT2D eigenvalue weighted by Crippen LogP contribution is 2.53. The molecule has 0 aromatic carbocycles. The molecular weight excluding hydrogens is 322 g/mol. The van der Waals surface area contributed by atoms with Gasteiger partial charge in [0.1, 0.15) is 10.6 Å². The van der Waals surface area contributed by atoms with Crippen molar-refractivity contribution in [1.29, 1.82) is 0 Å². The third kappa shape index (κ3) is 3.13. The van der Waals surface area contributed by atoms with Crippen LogP contribution in [0.2, 0.25) is 0 Å². The van der Waals surface area contributed by atoms with Gasteiger partial charge in [0.05, 0.1) is 16.9 Å². The van der Waals surface area contributed by atoms with Gasteiger partial charge in [0.2, 0.25) is 5.91 Å². The number of nitrogens with zero attached hydrogens (tertiary/aromatic N) is 3. The van der Waals surface area contributed by atoms with Gasteiger partial charge in [-0.25, -0.2) is 0 Å². The quantitative estimate of drug-likeness (QED) is 0.823. The summed E-state index contributed by atoms with van der Waals surface area (Å²) in [6.07, 6.45) is 11.1. The van der Waals surface area contributed by atoms with E-state index in [1.54, 1.807) is 0 Å². The van der Waals surface area contributed by atoms with Crippen LogP contribution in [0.5, 0.6) is 0 Å². The molecule has 1 aromatic heterocycles. The van der Waals surface area contributed by atoms with Gasteiger partial charge in [-0.1, -0.05) is 24.4 Å². The smallest absolute Gasteiger partial charge is 0.230 e. The van der Waals surface area contributed by atoms with Gasteiger partial charge >= 0.3 is 0 Å². The first kappa shape index (κ1) is 16.2. The van der Waals surface area contributed by atoms with Crippen LogP contribution < -0.4 is 0 Å². The maximum Gasteiger partial charge on any atom is 0.230 e. The van der Waals surface area contributed by atoms with Gasteiger partial charge in [-0.2, -0.15) is 0 Å². The molecule has 130 valence electrons. The summed E-state index contributed by atoms with van der Waals surface area (Å²) in [6, 6.07) is 1.84. The van der Waals surface area contributed by atoms with Gasteiger partial charge in [0, 0.05) is 25.4 Å². The minimum atomic E-state index is 0.0247. The number of hydrogen-bond acceptors (Lipinski definition) is 5. The molecule has 3 aliphatic rings. The Labute approximate surface area is 147 Å². The Morgan fingerprint density at radius 2 is 2.00 bits per heavy atom. The van der Waals surface area contributed by atoms with Crippen molar-refractivity contribution in [3.05, 3.63) is 17.5 Å². The van der Waals surface area contributed by atoms with E-state index in [9.17, 15) is 4.79 Å². The Morgan fingerprint density at radius 3 is 2.67 bits per heavy atom. The predicted molar refractivity (Wildman–Crippen MR) is 95.4 cm³/mol. The van der Waals surface area contributed by atoms with E-state index >= 15 is 0 Å². The Balaban J connectivity index is 1.33. The summed E-state index contributed by atoms with van der Waals surface area (Å²) in [6.45, 7) is 3.47. The number of rotatable bonds is 2. The average Bonchev–Trinajstić information content (AvgIpc) is 3.13. The van der Waals surface area contributed by atoms with E-state index in [4.69, 9.17) is 9.52 Å². The molecule has 2 fully saturated rings. The summed E-state index contributed by atoms with van der Waals surface area (Å²) in [5.74, 6) is 0.799. The first-order valence-corrected chi connectivity index (χ1v) is 9.86. The maximum atomic E-state index is 12.5. The third-order valence-corrected chi connectivity index (χ3v) is 7.34. The molecule has 1 saturated carbocycles. The summed E-state index contributed by atoms with van der Waals surface area (Å²) < 4.78 is 5.46. The molecule has 0 N–H and O–H groups in total. The highest BCUT2D eigenvalue weighted by molar-refractivity contribution is 8.03. The van der Waals surface area contributed by atoms with Gasteiger partial charge in [0.15, 0.2) is 0 Å². The van der Waals surface area contributed by atoms with Gasteiger partial charge in [0.25, 0.3) is 0 Å². The average molecular weight is 347 g/mol. The van der Waals surface area contributed by atoms with Crippen LogP contribution in [0.15, 0.2) is 15.6 Å². The number of likely N-dealkylation sites (tertiary alicyclic amines) is 1. The Kier molecular flexibility index (Phi) is 4.19. The molecule has 5 nitrogen and oxygen atoms in total. The molecule has 1 saturated heterocycles. The molecule has 1 amide bonds. The minimum absolute atomic E-state index is 0.0247. The van der Waals surface area contributed by atoms with Crippen LogP contribution in [0, 0.1) is 6.92 Å². The number of hydrogen-bond donors (Lipinski definition) is 0. The van der Waals surface area contributed by atoms with E-state index in [0.717, 1.165) is 31.6 Å². The van der Waals surface area contributed by atoms with Crippen molar-refractivity contribution in [2.24, 2.45) is 4.99 Å². The van der Waals surface area contributed by atoms with E-state index in [1.807, 2.05) is 17.9 Å². The summed E-state index contributed by atoms with van der Waals surface area (Å²) in [7, 11) is 0. The van der Waals surface area contributed by atoms with Crippen molar-refractivity contribution < 1.29 is 9.32 Å². The summed E-state index contributed by atoms with van der Waals surface area (Å²) in [5, 5.41) is 3.85. The standard InChI is InChI=1S/C18H25N3O2S/c1-14-11-15(23-20-14)12-16(22)21-9-7-18(8-10-21)19-13-17(24-18)5-3-2-4-6-17/h11,13H,2-10,12H2,1H3. The molecule has 3 heterocycles. The Morgan fingerprint density at radius 1 is 1.25 bits per heavy atom. The van der Waals surface area contributed by atoms with Crippen LogP contribution in [0.3, 0.4) is 0 Å². The highest BCUT2D eigenvalue weighted by atomic mass is 32.2. The normalized spacial score (nSPS) is 24.8. The van der Waals surface area contributed by atoms with Crippen LogP contribution in [0.4, 0.5) is 0 Å². The minimum Gasteiger partial charge on any atom is -0.361 e. The fraction of sp³-hybridized carbons (Fsp3) is 0.722. The van der Waals surface area contributed by atoms with E-state index < -0.39 is 0 Å². The topological polar surface area (TPSA) is 58.7 Å². The highest BCUT2D eigenvalue weighted by Gasteiger charge is 2.48. The van der Waals surface area contributed by atoms with E-state index in [-0.39, 0.29) is 10.8 Å². The molecule has 0 bridgehead atoms. The zero-order chi connectivity index (χ0) is 16.6. The lowest BCUT2D eigenvalue weighted by Crippen LogP contribution is -2.45. The third-order valence-electron chi connectivity index (χ3n) is 5.53.